The number of aryl methyl sites for hydroxylation is 1. The molecule has 1 aromatic rings. The van der Waals surface area contributed by atoms with Crippen LogP contribution in [0.15, 0.2) is 18.2 Å². The fourth-order valence-corrected chi connectivity index (χ4v) is 1.72. The molecule has 1 nitrogen and oxygen atoms in total. The fourth-order valence-electron chi connectivity index (χ4n) is 1.72. The molecule has 0 aliphatic carbocycles. The molecule has 1 rings (SSSR count). The quantitative estimate of drug-likeness (QED) is 0.777. The molecule has 0 spiro atoms. The molecule has 0 aliphatic rings. The van der Waals surface area contributed by atoms with Gasteiger partial charge in [0.1, 0.15) is 0 Å². The van der Waals surface area contributed by atoms with Crippen molar-refractivity contribution in [3.63, 3.8) is 0 Å². The van der Waals surface area contributed by atoms with E-state index in [4.69, 9.17) is 0 Å². The van der Waals surface area contributed by atoms with Crippen LogP contribution in [0.4, 0.5) is 5.69 Å². The van der Waals surface area contributed by atoms with Crippen LogP contribution in [0.25, 0.3) is 0 Å². The van der Waals surface area contributed by atoms with Gasteiger partial charge in [-0.25, -0.2) is 0 Å². The van der Waals surface area contributed by atoms with Crippen LogP contribution in [-0.2, 0) is 6.42 Å². The van der Waals surface area contributed by atoms with Crippen LogP contribution in [0.5, 0.6) is 0 Å². The number of anilines is 1. The van der Waals surface area contributed by atoms with Crippen molar-refractivity contribution in [2.45, 2.75) is 53.0 Å². The minimum absolute atomic E-state index is 0.500. The third kappa shape index (κ3) is 3.26. The average molecular weight is 205 g/mol. The standard InChI is InChI=1S/C14H23N/c1-6-12-9-13(10(2)3)7-8-14(12)15-11(4)5/h7-11,15H,6H2,1-5H3. The SMILES string of the molecule is CCc1cc(C(C)C)ccc1NC(C)C. The first-order valence-corrected chi connectivity index (χ1v) is 5.94. The topological polar surface area (TPSA) is 12.0 Å². The van der Waals surface area contributed by atoms with Crippen LogP contribution in [0, 0.1) is 0 Å². The molecule has 0 aromatic heterocycles. The number of hydrogen-bond donors (Lipinski definition) is 1. The van der Waals surface area contributed by atoms with E-state index in [1.807, 2.05) is 0 Å². The summed E-state index contributed by atoms with van der Waals surface area (Å²) in [5, 5.41) is 3.49. The molecule has 0 unspecified atom stereocenters. The Morgan fingerprint density at radius 1 is 1.13 bits per heavy atom. The maximum Gasteiger partial charge on any atom is 0.0374 e. The summed E-state index contributed by atoms with van der Waals surface area (Å²) in [7, 11) is 0. The Labute approximate surface area is 93.9 Å². The fraction of sp³-hybridized carbons (Fsp3) is 0.571. The number of nitrogens with one attached hydrogen (secondary N) is 1. The van der Waals surface area contributed by atoms with Crippen molar-refractivity contribution in [2.75, 3.05) is 5.32 Å². The van der Waals surface area contributed by atoms with Crippen molar-refractivity contribution in [1.29, 1.82) is 0 Å². The van der Waals surface area contributed by atoms with E-state index >= 15 is 0 Å². The van der Waals surface area contributed by atoms with E-state index in [9.17, 15) is 0 Å². The molecule has 15 heavy (non-hydrogen) atoms. The molecule has 0 atom stereocenters. The molecule has 0 amide bonds. The maximum absolute atomic E-state index is 3.49. The van der Waals surface area contributed by atoms with E-state index < -0.39 is 0 Å². The van der Waals surface area contributed by atoms with Gasteiger partial charge in [0.05, 0.1) is 0 Å². The van der Waals surface area contributed by atoms with Crippen molar-refractivity contribution < 1.29 is 0 Å². The molecule has 0 fully saturated rings. The van der Waals surface area contributed by atoms with Crippen LogP contribution in [0.1, 0.15) is 51.7 Å². The summed E-state index contributed by atoms with van der Waals surface area (Å²) >= 11 is 0. The summed E-state index contributed by atoms with van der Waals surface area (Å²) in [4.78, 5) is 0. The molecule has 0 heterocycles. The van der Waals surface area contributed by atoms with E-state index in [0.717, 1.165) is 6.42 Å². The molecule has 0 radical (unpaired) electrons. The van der Waals surface area contributed by atoms with E-state index in [0.29, 0.717) is 12.0 Å². The lowest BCUT2D eigenvalue weighted by Gasteiger charge is -2.16. The lowest BCUT2D eigenvalue weighted by molar-refractivity contribution is 0.858. The molecule has 0 saturated heterocycles. The second-order valence-corrected chi connectivity index (χ2v) is 4.72. The van der Waals surface area contributed by atoms with Gasteiger partial charge in [-0.05, 0) is 43.4 Å². The van der Waals surface area contributed by atoms with E-state index in [2.05, 4.69) is 58.1 Å². The Morgan fingerprint density at radius 2 is 1.80 bits per heavy atom. The van der Waals surface area contributed by atoms with Gasteiger partial charge in [0.25, 0.3) is 0 Å². The van der Waals surface area contributed by atoms with E-state index in [1.165, 1.54) is 16.8 Å². The van der Waals surface area contributed by atoms with Crippen LogP contribution < -0.4 is 5.32 Å². The monoisotopic (exact) mass is 205 g/mol. The lowest BCUT2D eigenvalue weighted by Crippen LogP contribution is -2.11. The highest BCUT2D eigenvalue weighted by atomic mass is 14.9. The summed E-state index contributed by atoms with van der Waals surface area (Å²) in [6, 6.07) is 7.28. The van der Waals surface area contributed by atoms with Gasteiger partial charge in [-0.15, -0.1) is 0 Å². The predicted octanol–water partition coefficient (Wildman–Crippen LogP) is 4.19. The van der Waals surface area contributed by atoms with Crippen LogP contribution in [-0.4, -0.2) is 6.04 Å². The Bertz CT molecular complexity index is 313. The number of hydrogen-bond acceptors (Lipinski definition) is 1. The number of rotatable bonds is 4. The van der Waals surface area contributed by atoms with Crippen LogP contribution >= 0.6 is 0 Å². The zero-order chi connectivity index (χ0) is 11.4. The minimum Gasteiger partial charge on any atom is -0.383 e. The average Bonchev–Trinajstić information content (AvgIpc) is 2.17. The minimum atomic E-state index is 0.500. The van der Waals surface area contributed by atoms with Gasteiger partial charge in [0.15, 0.2) is 0 Å². The van der Waals surface area contributed by atoms with Crippen molar-refractivity contribution in [3.8, 4) is 0 Å². The first-order valence-electron chi connectivity index (χ1n) is 5.94. The summed E-state index contributed by atoms with van der Waals surface area (Å²) in [5.41, 5.74) is 4.15. The van der Waals surface area contributed by atoms with Gasteiger partial charge in [-0.3, -0.25) is 0 Å². The van der Waals surface area contributed by atoms with E-state index in [1.54, 1.807) is 0 Å². The highest BCUT2D eigenvalue weighted by Crippen LogP contribution is 2.23. The van der Waals surface area contributed by atoms with Crippen molar-refractivity contribution in [3.05, 3.63) is 29.3 Å². The summed E-state index contributed by atoms with van der Waals surface area (Å²) < 4.78 is 0. The zero-order valence-corrected chi connectivity index (χ0v) is 10.6. The molecule has 0 bridgehead atoms. The number of benzene rings is 1. The third-order valence-corrected chi connectivity index (χ3v) is 2.62. The van der Waals surface area contributed by atoms with Gasteiger partial charge < -0.3 is 5.32 Å². The summed E-state index contributed by atoms with van der Waals surface area (Å²) in [6.07, 6.45) is 1.09. The largest absolute Gasteiger partial charge is 0.383 e. The smallest absolute Gasteiger partial charge is 0.0374 e. The molecular formula is C14H23N. The molecule has 0 saturated carbocycles. The van der Waals surface area contributed by atoms with Gasteiger partial charge in [0.2, 0.25) is 0 Å². The second kappa shape index (κ2) is 5.20. The summed E-state index contributed by atoms with van der Waals surface area (Å²) in [5.74, 6) is 0.614. The van der Waals surface area contributed by atoms with Crippen molar-refractivity contribution >= 4 is 5.69 Å². The molecule has 1 heteroatoms. The predicted molar refractivity (Wildman–Crippen MR) is 68.7 cm³/mol. The molecule has 84 valence electrons. The first kappa shape index (κ1) is 12.1. The van der Waals surface area contributed by atoms with Crippen LogP contribution in [0.2, 0.25) is 0 Å². The second-order valence-electron chi connectivity index (χ2n) is 4.72. The van der Waals surface area contributed by atoms with Gasteiger partial charge >= 0.3 is 0 Å². The highest BCUT2D eigenvalue weighted by Gasteiger charge is 2.05. The van der Waals surface area contributed by atoms with Gasteiger partial charge in [-0.1, -0.05) is 32.9 Å². The van der Waals surface area contributed by atoms with Crippen LogP contribution in [0.3, 0.4) is 0 Å². The van der Waals surface area contributed by atoms with Gasteiger partial charge in [-0.2, -0.15) is 0 Å². The Kier molecular flexibility index (Phi) is 4.19. The Morgan fingerprint density at radius 3 is 2.27 bits per heavy atom. The summed E-state index contributed by atoms with van der Waals surface area (Å²) in [6.45, 7) is 11.0. The molecule has 1 aromatic carbocycles. The highest BCUT2D eigenvalue weighted by molar-refractivity contribution is 5.53. The van der Waals surface area contributed by atoms with Crippen molar-refractivity contribution in [1.82, 2.24) is 0 Å². The third-order valence-electron chi connectivity index (χ3n) is 2.62. The maximum atomic E-state index is 3.49. The Balaban J connectivity index is 2.98. The van der Waals surface area contributed by atoms with Gasteiger partial charge in [0, 0.05) is 11.7 Å². The molecule has 0 aliphatic heterocycles. The zero-order valence-electron chi connectivity index (χ0n) is 10.6. The lowest BCUT2D eigenvalue weighted by atomic mass is 9.98. The van der Waals surface area contributed by atoms with Crippen molar-refractivity contribution in [2.24, 2.45) is 0 Å². The molecular weight excluding hydrogens is 182 g/mol. The molecule has 1 N–H and O–H groups in total. The first-order chi connectivity index (χ1) is 7.04. The van der Waals surface area contributed by atoms with E-state index in [-0.39, 0.29) is 0 Å². The normalized spacial score (nSPS) is 11.1. The Hall–Kier alpha value is -0.980.